The Bertz CT molecular complexity index is 586. The van der Waals surface area contributed by atoms with Crippen LogP contribution in [0.2, 0.25) is 0 Å². The number of nitrogens with zero attached hydrogens (tertiary/aromatic N) is 1. The van der Waals surface area contributed by atoms with Crippen molar-refractivity contribution in [1.29, 1.82) is 5.26 Å². The highest BCUT2D eigenvalue weighted by Gasteiger charge is 2.14. The number of nitriles is 1. The second-order valence-electron chi connectivity index (χ2n) is 3.84. The minimum atomic E-state index is -0.683. The molecule has 0 heterocycles. The average Bonchev–Trinajstić information content (AvgIpc) is 2.51. The van der Waals surface area contributed by atoms with Crippen LogP contribution in [-0.2, 0) is 9.53 Å². The van der Waals surface area contributed by atoms with Gasteiger partial charge in [0.2, 0.25) is 0 Å². The van der Waals surface area contributed by atoms with Crippen molar-refractivity contribution < 1.29 is 23.7 Å². The van der Waals surface area contributed by atoms with Crippen LogP contribution in [0.15, 0.2) is 17.7 Å². The summed E-state index contributed by atoms with van der Waals surface area (Å²) < 4.78 is 20.4. The fourth-order valence-corrected chi connectivity index (χ4v) is 1.67. The molecule has 6 heteroatoms. The van der Waals surface area contributed by atoms with Gasteiger partial charge in [-0.2, -0.15) is 5.26 Å². The summed E-state index contributed by atoms with van der Waals surface area (Å²) in [6, 6.07) is 5.05. The number of hydrogen-bond acceptors (Lipinski definition) is 6. The van der Waals surface area contributed by atoms with Gasteiger partial charge in [0, 0.05) is 11.6 Å². The third-order valence-electron chi connectivity index (χ3n) is 2.65. The van der Waals surface area contributed by atoms with Crippen molar-refractivity contribution in [1.82, 2.24) is 0 Å². The van der Waals surface area contributed by atoms with E-state index in [0.29, 0.717) is 22.8 Å². The first-order valence-corrected chi connectivity index (χ1v) is 6.20. The van der Waals surface area contributed by atoms with Gasteiger partial charge in [-0.3, -0.25) is 0 Å². The van der Waals surface area contributed by atoms with Crippen molar-refractivity contribution in [3.05, 3.63) is 23.3 Å². The van der Waals surface area contributed by atoms with Gasteiger partial charge >= 0.3 is 5.97 Å². The first-order chi connectivity index (χ1) is 10.1. The smallest absolute Gasteiger partial charge is 0.348 e. The zero-order valence-electron chi connectivity index (χ0n) is 12.4. The molecule has 0 aliphatic rings. The van der Waals surface area contributed by atoms with Crippen molar-refractivity contribution >= 4 is 12.0 Å². The molecule has 1 aromatic rings. The molecule has 0 amide bonds. The van der Waals surface area contributed by atoms with E-state index in [1.807, 2.05) is 6.07 Å². The molecule has 0 atom stereocenters. The van der Waals surface area contributed by atoms with Gasteiger partial charge in [0.25, 0.3) is 0 Å². The largest absolute Gasteiger partial charge is 0.496 e. The summed E-state index contributed by atoms with van der Waals surface area (Å²) >= 11 is 0. The molecule has 1 aromatic carbocycles. The van der Waals surface area contributed by atoms with Crippen molar-refractivity contribution in [2.45, 2.75) is 6.92 Å². The van der Waals surface area contributed by atoms with Crippen LogP contribution in [0, 0.1) is 11.3 Å². The molecular weight excluding hydrogens is 274 g/mol. The van der Waals surface area contributed by atoms with Crippen LogP contribution < -0.4 is 14.2 Å². The van der Waals surface area contributed by atoms with Crippen LogP contribution in [0.5, 0.6) is 17.2 Å². The number of ether oxygens (including phenoxy) is 4. The minimum absolute atomic E-state index is 0.123. The summed E-state index contributed by atoms with van der Waals surface area (Å²) in [5.41, 5.74) is 0.391. The summed E-state index contributed by atoms with van der Waals surface area (Å²) in [5.74, 6) is 0.716. The maximum absolute atomic E-state index is 11.6. The maximum Gasteiger partial charge on any atom is 0.348 e. The highest BCUT2D eigenvalue weighted by Crippen LogP contribution is 2.35. The van der Waals surface area contributed by atoms with E-state index >= 15 is 0 Å². The topological polar surface area (TPSA) is 77.8 Å². The first-order valence-electron chi connectivity index (χ1n) is 6.20. The Hall–Kier alpha value is -2.68. The number of benzene rings is 1. The van der Waals surface area contributed by atoms with Crippen LogP contribution in [0.4, 0.5) is 0 Å². The van der Waals surface area contributed by atoms with Crippen molar-refractivity contribution in [3.63, 3.8) is 0 Å². The van der Waals surface area contributed by atoms with Crippen LogP contribution in [-0.4, -0.2) is 33.9 Å². The van der Waals surface area contributed by atoms with Crippen molar-refractivity contribution in [2.24, 2.45) is 0 Å². The molecule has 0 bridgehead atoms. The maximum atomic E-state index is 11.6. The number of carbonyl (C=O) groups excluding carboxylic acids is 1. The number of hydrogen-bond donors (Lipinski definition) is 0. The van der Waals surface area contributed by atoms with E-state index in [-0.39, 0.29) is 12.2 Å². The van der Waals surface area contributed by atoms with Crippen molar-refractivity contribution in [3.8, 4) is 23.3 Å². The lowest BCUT2D eigenvalue weighted by Crippen LogP contribution is -2.06. The molecule has 0 spiro atoms. The van der Waals surface area contributed by atoms with Crippen molar-refractivity contribution in [2.75, 3.05) is 27.9 Å². The quantitative estimate of drug-likeness (QED) is 0.454. The van der Waals surface area contributed by atoms with E-state index in [2.05, 4.69) is 0 Å². The van der Waals surface area contributed by atoms with Gasteiger partial charge in [-0.05, 0) is 19.1 Å². The molecule has 0 N–H and O–H groups in total. The fraction of sp³-hybridized carbons (Fsp3) is 0.333. The molecule has 6 nitrogen and oxygen atoms in total. The van der Waals surface area contributed by atoms with Gasteiger partial charge in [0.1, 0.15) is 17.4 Å². The second kappa shape index (κ2) is 7.80. The van der Waals surface area contributed by atoms with Crippen LogP contribution in [0.1, 0.15) is 12.5 Å². The summed E-state index contributed by atoms with van der Waals surface area (Å²) in [5, 5.41) is 9.06. The molecule has 0 aliphatic heterocycles. The Morgan fingerprint density at radius 1 is 1.14 bits per heavy atom. The Labute approximate surface area is 123 Å². The molecule has 0 saturated heterocycles. The average molecular weight is 291 g/mol. The van der Waals surface area contributed by atoms with Gasteiger partial charge in [0.05, 0.1) is 27.9 Å². The number of rotatable bonds is 6. The zero-order chi connectivity index (χ0) is 15.8. The summed E-state index contributed by atoms with van der Waals surface area (Å²) in [6.07, 6.45) is 1.39. The zero-order valence-corrected chi connectivity index (χ0v) is 12.4. The third kappa shape index (κ3) is 3.89. The number of methoxy groups -OCH3 is 3. The molecule has 21 heavy (non-hydrogen) atoms. The predicted molar refractivity (Wildman–Crippen MR) is 76.3 cm³/mol. The Balaban J connectivity index is 3.34. The molecule has 0 saturated carbocycles. The highest BCUT2D eigenvalue weighted by molar-refractivity contribution is 5.98. The molecule has 0 aromatic heterocycles. The van der Waals surface area contributed by atoms with E-state index < -0.39 is 5.97 Å². The third-order valence-corrected chi connectivity index (χ3v) is 2.65. The SMILES string of the molecule is CCOC(=O)C(C#N)=Cc1cc(OC)c(OC)cc1OC. The second-order valence-corrected chi connectivity index (χ2v) is 3.84. The standard InChI is InChI=1S/C15H17NO5/c1-5-21-15(17)11(9-16)6-10-7-13(19-3)14(20-4)8-12(10)18-2/h6-8H,5H2,1-4H3. The Morgan fingerprint density at radius 2 is 1.71 bits per heavy atom. The van der Waals surface area contributed by atoms with E-state index in [1.165, 1.54) is 27.4 Å². The van der Waals surface area contributed by atoms with Gasteiger partial charge in [-0.1, -0.05) is 0 Å². The molecule has 1 rings (SSSR count). The molecule has 0 fully saturated rings. The van der Waals surface area contributed by atoms with Gasteiger partial charge in [0.15, 0.2) is 11.5 Å². The molecule has 0 radical (unpaired) electrons. The number of carbonyl (C=O) groups is 1. The van der Waals surface area contributed by atoms with E-state index in [9.17, 15) is 4.79 Å². The lowest BCUT2D eigenvalue weighted by molar-refractivity contribution is -0.137. The molecule has 112 valence electrons. The first kappa shape index (κ1) is 16.4. The summed E-state index contributed by atoms with van der Waals surface area (Å²) in [7, 11) is 4.48. The predicted octanol–water partition coefficient (Wildman–Crippen LogP) is 2.18. The Kier molecular flexibility index (Phi) is 6.08. The van der Waals surface area contributed by atoms with E-state index in [1.54, 1.807) is 19.1 Å². The van der Waals surface area contributed by atoms with Crippen LogP contribution in [0.25, 0.3) is 6.08 Å². The normalized spacial score (nSPS) is 10.5. The molecular formula is C15H17NO5. The fourth-order valence-electron chi connectivity index (χ4n) is 1.67. The van der Waals surface area contributed by atoms with Gasteiger partial charge < -0.3 is 18.9 Å². The molecule has 0 unspecified atom stereocenters. The van der Waals surface area contributed by atoms with E-state index in [0.717, 1.165) is 0 Å². The highest BCUT2D eigenvalue weighted by atomic mass is 16.5. The lowest BCUT2D eigenvalue weighted by Gasteiger charge is -2.12. The van der Waals surface area contributed by atoms with Crippen LogP contribution >= 0.6 is 0 Å². The number of esters is 1. The minimum Gasteiger partial charge on any atom is -0.496 e. The monoisotopic (exact) mass is 291 g/mol. The summed E-state index contributed by atoms with van der Waals surface area (Å²) in [4.78, 5) is 11.6. The molecule has 0 aliphatic carbocycles. The Morgan fingerprint density at radius 3 is 2.19 bits per heavy atom. The van der Waals surface area contributed by atoms with Gasteiger partial charge in [-0.15, -0.1) is 0 Å². The van der Waals surface area contributed by atoms with Crippen LogP contribution in [0.3, 0.4) is 0 Å². The summed E-state index contributed by atoms with van der Waals surface area (Å²) in [6.45, 7) is 1.87. The van der Waals surface area contributed by atoms with Gasteiger partial charge in [-0.25, -0.2) is 4.79 Å². The lowest BCUT2D eigenvalue weighted by atomic mass is 10.1. The van der Waals surface area contributed by atoms with E-state index in [4.69, 9.17) is 24.2 Å².